The number of nitrogens with zero attached hydrogens (tertiary/aromatic N) is 1. The summed E-state index contributed by atoms with van der Waals surface area (Å²) in [5.41, 5.74) is 0.610. The Hall–Kier alpha value is -1.55. The third-order valence-electron chi connectivity index (χ3n) is 3.38. The summed E-state index contributed by atoms with van der Waals surface area (Å²) in [5.74, 6) is 0.0143. The highest BCUT2D eigenvalue weighted by atomic mass is 35.5. The molecule has 0 aromatic heterocycles. The lowest BCUT2D eigenvalue weighted by Crippen LogP contribution is -2.45. The van der Waals surface area contributed by atoms with Crippen molar-refractivity contribution in [2.24, 2.45) is 0 Å². The van der Waals surface area contributed by atoms with E-state index in [0.29, 0.717) is 23.7 Å². The van der Waals surface area contributed by atoms with Crippen molar-refractivity contribution in [3.63, 3.8) is 0 Å². The van der Waals surface area contributed by atoms with Crippen LogP contribution in [0.3, 0.4) is 0 Å². The summed E-state index contributed by atoms with van der Waals surface area (Å²) < 4.78 is 0. The maximum Gasteiger partial charge on any atom is 0.251 e. The topological polar surface area (TPSA) is 49.4 Å². The molecule has 102 valence electrons. The van der Waals surface area contributed by atoms with Gasteiger partial charge in [0.1, 0.15) is 0 Å². The summed E-state index contributed by atoms with van der Waals surface area (Å²) in [4.78, 5) is 25.0. The number of carbonyl (C=O) groups is 2. The molecule has 0 radical (unpaired) electrons. The van der Waals surface area contributed by atoms with E-state index in [1.54, 1.807) is 31.2 Å². The smallest absolute Gasteiger partial charge is 0.251 e. The maximum absolute atomic E-state index is 12.0. The van der Waals surface area contributed by atoms with Crippen molar-refractivity contribution in [1.82, 2.24) is 10.2 Å². The molecule has 5 heteroatoms. The van der Waals surface area contributed by atoms with Crippen LogP contribution in [-0.4, -0.2) is 35.8 Å². The number of nitrogens with one attached hydrogen (secondary N) is 1. The van der Waals surface area contributed by atoms with Gasteiger partial charge in [-0.1, -0.05) is 11.6 Å². The number of benzene rings is 1. The molecule has 1 saturated heterocycles. The van der Waals surface area contributed by atoms with Crippen LogP contribution in [0.2, 0.25) is 5.02 Å². The van der Waals surface area contributed by atoms with E-state index in [1.807, 2.05) is 4.90 Å². The molecule has 1 aromatic rings. The number of piperidine rings is 1. The van der Waals surface area contributed by atoms with Crippen molar-refractivity contribution in [1.29, 1.82) is 0 Å². The Morgan fingerprint density at radius 1 is 1.21 bits per heavy atom. The molecule has 1 aliphatic rings. The van der Waals surface area contributed by atoms with E-state index in [4.69, 9.17) is 11.6 Å². The molecule has 1 N–H and O–H groups in total. The third-order valence-corrected chi connectivity index (χ3v) is 3.63. The van der Waals surface area contributed by atoms with Gasteiger partial charge in [-0.05, 0) is 37.1 Å². The molecule has 19 heavy (non-hydrogen) atoms. The van der Waals surface area contributed by atoms with E-state index in [-0.39, 0.29) is 17.9 Å². The molecule has 2 amide bonds. The predicted octanol–water partition coefficient (Wildman–Crippen LogP) is 2.08. The molecule has 1 heterocycles. The van der Waals surface area contributed by atoms with Gasteiger partial charge in [0.2, 0.25) is 5.91 Å². The summed E-state index contributed by atoms with van der Waals surface area (Å²) >= 11 is 5.78. The fraction of sp³-hybridized carbons (Fsp3) is 0.429. The Morgan fingerprint density at radius 3 is 2.32 bits per heavy atom. The first kappa shape index (κ1) is 13.9. The molecule has 0 bridgehead atoms. The van der Waals surface area contributed by atoms with E-state index in [2.05, 4.69) is 5.32 Å². The number of amides is 2. The second kappa shape index (κ2) is 6.06. The Labute approximate surface area is 117 Å². The van der Waals surface area contributed by atoms with Crippen LogP contribution in [0.5, 0.6) is 0 Å². The van der Waals surface area contributed by atoms with E-state index in [0.717, 1.165) is 12.8 Å². The lowest BCUT2D eigenvalue weighted by atomic mass is 10.0. The number of hydrogen-bond donors (Lipinski definition) is 1. The molecule has 0 saturated carbocycles. The quantitative estimate of drug-likeness (QED) is 0.902. The molecule has 0 aliphatic carbocycles. The number of likely N-dealkylation sites (tertiary alicyclic amines) is 1. The Bertz CT molecular complexity index is 465. The van der Waals surface area contributed by atoms with E-state index in [9.17, 15) is 9.59 Å². The van der Waals surface area contributed by atoms with Crippen LogP contribution in [0.1, 0.15) is 30.1 Å². The Morgan fingerprint density at radius 2 is 1.79 bits per heavy atom. The summed E-state index contributed by atoms with van der Waals surface area (Å²) in [5, 5.41) is 3.61. The highest BCUT2D eigenvalue weighted by molar-refractivity contribution is 6.30. The standard InChI is InChI=1S/C14H17ClN2O2/c1-10(18)17-8-6-13(7-9-17)16-14(19)11-2-4-12(15)5-3-11/h2-5,13H,6-9H2,1H3,(H,16,19). The van der Waals surface area contributed by atoms with Gasteiger partial charge >= 0.3 is 0 Å². The molecule has 0 unspecified atom stereocenters. The van der Waals surface area contributed by atoms with E-state index in [1.165, 1.54) is 0 Å². The van der Waals surface area contributed by atoms with Crippen LogP contribution in [0.4, 0.5) is 0 Å². The van der Waals surface area contributed by atoms with Gasteiger partial charge in [-0.15, -0.1) is 0 Å². The van der Waals surface area contributed by atoms with Crippen molar-refractivity contribution in [3.8, 4) is 0 Å². The first-order valence-corrected chi connectivity index (χ1v) is 6.76. The Kier molecular flexibility index (Phi) is 4.43. The normalized spacial score (nSPS) is 16.2. The average Bonchev–Trinajstić information content (AvgIpc) is 2.40. The van der Waals surface area contributed by atoms with Crippen LogP contribution >= 0.6 is 11.6 Å². The maximum atomic E-state index is 12.0. The molecular formula is C14H17ClN2O2. The fourth-order valence-corrected chi connectivity index (χ4v) is 2.33. The first-order chi connectivity index (χ1) is 9.06. The van der Waals surface area contributed by atoms with Gasteiger partial charge in [-0.3, -0.25) is 9.59 Å². The van der Waals surface area contributed by atoms with Crippen LogP contribution in [-0.2, 0) is 4.79 Å². The zero-order valence-electron chi connectivity index (χ0n) is 10.9. The highest BCUT2D eigenvalue weighted by Gasteiger charge is 2.22. The molecule has 0 atom stereocenters. The van der Waals surface area contributed by atoms with Crippen molar-refractivity contribution in [3.05, 3.63) is 34.9 Å². The predicted molar refractivity (Wildman–Crippen MR) is 74.2 cm³/mol. The van der Waals surface area contributed by atoms with Gasteiger partial charge in [-0.25, -0.2) is 0 Å². The largest absolute Gasteiger partial charge is 0.349 e. The van der Waals surface area contributed by atoms with Crippen molar-refractivity contribution >= 4 is 23.4 Å². The van der Waals surface area contributed by atoms with Gasteiger partial charge in [0.15, 0.2) is 0 Å². The van der Waals surface area contributed by atoms with Gasteiger partial charge in [0.05, 0.1) is 0 Å². The van der Waals surface area contributed by atoms with Crippen LogP contribution in [0.25, 0.3) is 0 Å². The minimum atomic E-state index is -0.0852. The summed E-state index contributed by atoms with van der Waals surface area (Å²) in [7, 11) is 0. The van der Waals surface area contributed by atoms with Crippen LogP contribution in [0.15, 0.2) is 24.3 Å². The van der Waals surface area contributed by atoms with Crippen LogP contribution < -0.4 is 5.32 Å². The molecule has 1 aliphatic heterocycles. The summed E-state index contributed by atoms with van der Waals surface area (Å²) in [6, 6.07) is 6.97. The average molecular weight is 281 g/mol. The number of rotatable bonds is 2. The zero-order chi connectivity index (χ0) is 13.8. The molecule has 0 spiro atoms. The van der Waals surface area contributed by atoms with Gasteiger partial charge in [0, 0.05) is 36.6 Å². The lowest BCUT2D eigenvalue weighted by Gasteiger charge is -2.31. The zero-order valence-corrected chi connectivity index (χ0v) is 11.6. The number of carbonyl (C=O) groups excluding carboxylic acids is 2. The second-order valence-corrected chi connectivity index (χ2v) is 5.20. The number of halogens is 1. The second-order valence-electron chi connectivity index (χ2n) is 4.76. The van der Waals surface area contributed by atoms with Gasteiger partial charge < -0.3 is 10.2 Å². The third kappa shape index (κ3) is 3.70. The molecule has 4 nitrogen and oxygen atoms in total. The molecule has 1 fully saturated rings. The number of hydrogen-bond acceptors (Lipinski definition) is 2. The first-order valence-electron chi connectivity index (χ1n) is 6.38. The van der Waals surface area contributed by atoms with Crippen molar-refractivity contribution in [2.75, 3.05) is 13.1 Å². The van der Waals surface area contributed by atoms with Crippen LogP contribution in [0, 0.1) is 0 Å². The minimum Gasteiger partial charge on any atom is -0.349 e. The van der Waals surface area contributed by atoms with Gasteiger partial charge in [0.25, 0.3) is 5.91 Å². The van der Waals surface area contributed by atoms with E-state index < -0.39 is 0 Å². The van der Waals surface area contributed by atoms with Gasteiger partial charge in [-0.2, -0.15) is 0 Å². The monoisotopic (exact) mass is 280 g/mol. The highest BCUT2D eigenvalue weighted by Crippen LogP contribution is 2.13. The molecule has 1 aromatic carbocycles. The minimum absolute atomic E-state index is 0.0852. The van der Waals surface area contributed by atoms with E-state index >= 15 is 0 Å². The SMILES string of the molecule is CC(=O)N1CCC(NC(=O)c2ccc(Cl)cc2)CC1. The van der Waals surface area contributed by atoms with Crippen molar-refractivity contribution < 1.29 is 9.59 Å². The summed E-state index contributed by atoms with van der Waals surface area (Å²) in [6.45, 7) is 2.99. The summed E-state index contributed by atoms with van der Waals surface area (Å²) in [6.07, 6.45) is 1.61. The lowest BCUT2D eigenvalue weighted by molar-refractivity contribution is -0.129. The van der Waals surface area contributed by atoms with Crippen molar-refractivity contribution in [2.45, 2.75) is 25.8 Å². The fourth-order valence-electron chi connectivity index (χ4n) is 2.21. The molecule has 2 rings (SSSR count). The Balaban J connectivity index is 1.87. The molecular weight excluding hydrogens is 264 g/mol.